The van der Waals surface area contributed by atoms with Crippen molar-refractivity contribution in [2.24, 2.45) is 4.99 Å². The van der Waals surface area contributed by atoms with Gasteiger partial charge < -0.3 is 44.7 Å². The lowest BCUT2D eigenvalue weighted by Crippen LogP contribution is -2.21. The van der Waals surface area contributed by atoms with Gasteiger partial charge in [-0.15, -0.1) is 90.7 Å². The zero-order chi connectivity index (χ0) is 77.6. The summed E-state index contributed by atoms with van der Waals surface area (Å²) in [4.78, 5) is 4.24. The highest BCUT2D eigenvalue weighted by molar-refractivity contribution is 9.11. The van der Waals surface area contributed by atoms with Gasteiger partial charge in [-0.25, -0.2) is 84.8 Å². The predicted octanol–water partition coefficient (Wildman–Crippen LogP) is 10.8. The molecule has 0 saturated heterocycles. The van der Waals surface area contributed by atoms with Gasteiger partial charge in [0, 0.05) is 128 Å². The summed E-state index contributed by atoms with van der Waals surface area (Å²) >= 11 is 15.2. The van der Waals surface area contributed by atoms with Crippen molar-refractivity contribution in [3.63, 3.8) is 0 Å². The summed E-state index contributed by atoms with van der Waals surface area (Å²) in [6, 6.07) is 6.49. The topological polar surface area (TPSA) is 404 Å². The average Bonchev–Trinajstić information content (AvgIpc) is 1.66. The van der Waals surface area contributed by atoms with E-state index in [0.717, 1.165) is 112 Å². The Balaban J connectivity index is 0.000000576. The molecule has 0 bridgehead atoms. The number of nitrogen functional groups attached to an aromatic ring is 1. The standard InChI is InChI=1S/C10H16N2O3S2.C7H10BrNO3S2.C7H11NO3S2.C6H8BrNO3S2.C6H10N2O3S2.C6H9NO3S2.C5H5ClO3S2.C5H6OS/c1-7(2)11-8-6-16-10(9(8)15-5)17(13,14)12(3)4;1-9(2)14(10,11)7-6(12-3)5(8)4-13-7;1-8(2)13(9,10)7-6(11-3)4-5-12-7;2*1-8(2)13(10,11)6-5(9)4(7)3-12-6;1-7(2)12(9,10)6-5(8)3-4-11-6;1-9-4-2-3-10-5(4)11(6,7)8;1-6-5-2-3-7-4-5/h6H,1-5H3;4H,1-3H3;4-5H,1-3H3;3,9H,1-2H3;3,9H,7H2,1-2H3;3-4,8H,1-2H3;2-3H,1H3;2-4H,1H3. The second-order valence-corrected chi connectivity index (χ2v) is 45.0. The van der Waals surface area contributed by atoms with Crippen LogP contribution in [0.2, 0.25) is 0 Å². The van der Waals surface area contributed by atoms with Gasteiger partial charge in [-0.05, 0) is 91.5 Å². The normalized spacial score (nSPS) is 11.8. The summed E-state index contributed by atoms with van der Waals surface area (Å²) in [5.41, 5.74) is 6.80. The molecule has 0 fully saturated rings. The van der Waals surface area contributed by atoms with Gasteiger partial charge in [-0.2, -0.15) is 0 Å². The molecular weight excluding hydrogens is 1760 g/mol. The second kappa shape index (κ2) is 41.1. The number of anilines is 1. The van der Waals surface area contributed by atoms with E-state index >= 15 is 0 Å². The third-order valence-electron chi connectivity index (χ3n) is 11.1. The molecule has 0 saturated carbocycles. The van der Waals surface area contributed by atoms with Gasteiger partial charge in [0.2, 0.25) is 0 Å². The molecule has 30 nitrogen and oxygen atoms in total. The number of sulfonamides is 6. The molecule has 0 unspecified atom stereocenters. The number of methoxy groups -OCH3 is 5. The highest BCUT2D eigenvalue weighted by atomic mass is 79.9. The number of hydrogen-bond donors (Lipinski definition) is 4. The van der Waals surface area contributed by atoms with Crippen molar-refractivity contribution in [1.29, 1.82) is 0 Å². The third-order valence-corrected chi connectivity index (χ3v) is 36.2. The second-order valence-electron chi connectivity index (χ2n) is 19.4. The van der Waals surface area contributed by atoms with Crippen LogP contribution in [-0.2, 0) is 69.2 Å². The van der Waals surface area contributed by atoms with Crippen LogP contribution in [0.4, 0.5) is 11.4 Å². The fourth-order valence-electron chi connectivity index (χ4n) is 5.78. The van der Waals surface area contributed by atoms with Crippen LogP contribution in [0.15, 0.2) is 116 Å². The monoisotopic (exact) mass is 1840 g/mol. The summed E-state index contributed by atoms with van der Waals surface area (Å²) in [5.74, 6) is 1.55. The number of rotatable bonds is 19. The van der Waals surface area contributed by atoms with Crippen LogP contribution >= 0.6 is 133 Å². The molecule has 8 rings (SSSR count). The maximum absolute atomic E-state index is 12.0. The van der Waals surface area contributed by atoms with Crippen molar-refractivity contribution in [3.8, 4) is 46.0 Å². The smallest absolute Gasteiger partial charge is 0.274 e. The minimum Gasteiger partial charge on any atom is -0.506 e. The number of aliphatic imine (C=N–C) groups is 1. The first kappa shape index (κ1) is 94.1. The molecule has 8 aromatic heterocycles. The van der Waals surface area contributed by atoms with E-state index in [1.165, 1.54) is 140 Å². The van der Waals surface area contributed by atoms with Crippen LogP contribution < -0.4 is 29.4 Å². The van der Waals surface area contributed by atoms with Gasteiger partial charge >= 0.3 is 0 Å². The lowest BCUT2D eigenvalue weighted by atomic mass is 10.4. The SMILES string of the molecule is CN(C)S(=O)(=O)c1scc(Br)c1O.CN(C)S(=O)(=O)c1scc(N)c1O.CN(C)S(=O)(=O)c1sccc1O.COc1c(Br)csc1S(=O)(=O)N(C)C.COc1c(N=C(C)C)csc1S(=O)(=O)N(C)C.COc1ccsc1.COc1ccsc1S(=O)(=O)Cl.COc1ccsc1S(=O)(=O)N(C)C. The van der Waals surface area contributed by atoms with Gasteiger partial charge in [0.25, 0.3) is 69.2 Å². The molecule has 0 aliphatic rings. The number of halogens is 3. The Morgan fingerprint density at radius 3 is 1.11 bits per heavy atom. The van der Waals surface area contributed by atoms with Gasteiger partial charge in [0.05, 0.1) is 50.2 Å². The van der Waals surface area contributed by atoms with Gasteiger partial charge in [-0.3, -0.25) is 4.99 Å². The van der Waals surface area contributed by atoms with Crippen LogP contribution in [0.3, 0.4) is 0 Å². The molecule has 8 heterocycles. The fourth-order valence-corrected chi connectivity index (χ4v) is 24.5. The molecule has 0 radical (unpaired) electrons. The van der Waals surface area contributed by atoms with Crippen molar-refractivity contribution < 1.29 is 97.9 Å². The number of aromatic hydroxyl groups is 3. The number of nitrogens with zero attached hydrogens (tertiary/aromatic N) is 7. The highest BCUT2D eigenvalue weighted by Crippen LogP contribution is 2.43. The van der Waals surface area contributed by atoms with E-state index < -0.39 is 69.2 Å². The molecule has 100 heavy (non-hydrogen) atoms. The molecule has 0 spiro atoms. The molecule has 0 amide bonds. The van der Waals surface area contributed by atoms with E-state index in [2.05, 4.69) is 36.9 Å². The zero-order valence-electron chi connectivity index (χ0n) is 56.6. The van der Waals surface area contributed by atoms with Gasteiger partial charge in [0.15, 0.2) is 52.5 Å². The minimum atomic E-state index is -3.64. The minimum absolute atomic E-state index is 0.00694. The van der Waals surface area contributed by atoms with E-state index in [0.29, 0.717) is 37.6 Å². The average molecular weight is 1840 g/mol. The summed E-state index contributed by atoms with van der Waals surface area (Å²) in [5, 5.41) is 42.9. The van der Waals surface area contributed by atoms with Crippen molar-refractivity contribution >= 4 is 220 Å². The maximum atomic E-state index is 12.0. The largest absolute Gasteiger partial charge is 0.506 e. The first-order valence-corrected chi connectivity index (χ1v) is 46.1. The Morgan fingerprint density at radius 1 is 0.420 bits per heavy atom. The number of thiophene rings is 8. The summed E-state index contributed by atoms with van der Waals surface area (Å²) in [6.45, 7) is 3.69. The molecule has 0 aliphatic heterocycles. The summed E-state index contributed by atoms with van der Waals surface area (Å²) in [6.07, 6.45) is 0. The predicted molar refractivity (Wildman–Crippen MR) is 409 cm³/mol. The Hall–Kier alpha value is -3.87. The van der Waals surface area contributed by atoms with Crippen LogP contribution in [-0.4, -0.2) is 226 Å². The van der Waals surface area contributed by atoms with Crippen LogP contribution in [0.25, 0.3) is 0 Å². The fraction of sp³-hybridized carbons (Fsp3) is 0.365. The van der Waals surface area contributed by atoms with Crippen LogP contribution in [0.5, 0.6) is 46.0 Å². The van der Waals surface area contributed by atoms with Gasteiger partial charge in [0.1, 0.15) is 28.7 Å². The maximum Gasteiger partial charge on any atom is 0.274 e. The first-order valence-electron chi connectivity index (χ1n) is 26.5. The molecule has 5 N–H and O–H groups in total. The van der Waals surface area contributed by atoms with E-state index in [1.54, 1.807) is 52.1 Å². The lowest BCUT2D eigenvalue weighted by Gasteiger charge is -2.11. The van der Waals surface area contributed by atoms with E-state index in [4.69, 9.17) is 45.2 Å². The Morgan fingerprint density at radius 2 is 0.780 bits per heavy atom. The Bertz CT molecular complexity index is 4670. The van der Waals surface area contributed by atoms with Crippen LogP contribution in [0.1, 0.15) is 13.8 Å². The molecule has 0 aromatic carbocycles. The van der Waals surface area contributed by atoms with E-state index in [1.807, 2.05) is 30.7 Å². The Kier molecular flexibility index (Phi) is 38.7. The molecule has 0 aliphatic carbocycles. The van der Waals surface area contributed by atoms with Crippen molar-refractivity contribution in [3.05, 3.63) is 81.6 Å². The molecule has 0 atom stereocenters. The zero-order valence-corrected chi connectivity index (χ0v) is 72.7. The quantitative estimate of drug-likeness (QED) is 0.0431. The molecule has 48 heteroatoms. The number of nitrogens with two attached hydrogens (primary N) is 1. The molecular formula is C52H75Br2ClN8O22S15. The van der Waals surface area contributed by atoms with Crippen molar-refractivity contribution in [2.75, 3.05) is 126 Å². The number of ether oxygens (including phenoxy) is 5. The molecule has 8 aromatic rings. The van der Waals surface area contributed by atoms with Gasteiger partial charge in [-0.1, -0.05) is 0 Å². The number of hydrogen-bond acceptors (Lipinski definition) is 32. The Labute approximate surface area is 638 Å². The first-order chi connectivity index (χ1) is 45.9. The van der Waals surface area contributed by atoms with E-state index in [9.17, 15) is 69.1 Å². The van der Waals surface area contributed by atoms with Crippen LogP contribution in [0, 0.1) is 0 Å². The summed E-state index contributed by atoms with van der Waals surface area (Å²) < 4.78 is 194. The highest BCUT2D eigenvalue weighted by Gasteiger charge is 2.30. The lowest BCUT2D eigenvalue weighted by molar-refractivity contribution is 0.402. The third kappa shape index (κ3) is 26.0. The van der Waals surface area contributed by atoms with Crippen molar-refractivity contribution in [2.45, 2.75) is 43.3 Å². The molecule has 566 valence electrons. The van der Waals surface area contributed by atoms with E-state index in [-0.39, 0.29) is 52.4 Å². The van der Waals surface area contributed by atoms with Crippen molar-refractivity contribution in [1.82, 2.24) is 25.8 Å². The summed E-state index contributed by atoms with van der Waals surface area (Å²) in [7, 11) is 5.51.